The topological polar surface area (TPSA) is 137 Å². The zero-order valence-corrected chi connectivity index (χ0v) is 19.2. The second-order valence-electron chi connectivity index (χ2n) is 7.86. The fourth-order valence-electron chi connectivity index (χ4n) is 3.63. The second-order valence-corrected chi connectivity index (χ2v) is 8.30. The molecule has 4 N–H and O–H groups in total. The molecule has 0 bridgehead atoms. The lowest BCUT2D eigenvalue weighted by molar-refractivity contribution is -0.0964. The van der Waals surface area contributed by atoms with E-state index >= 15 is 0 Å². The average molecular weight is 520 g/mol. The van der Waals surface area contributed by atoms with Crippen LogP contribution in [0, 0.1) is 0 Å². The van der Waals surface area contributed by atoms with E-state index in [1.165, 1.54) is 55.0 Å². The highest BCUT2D eigenvalue weighted by molar-refractivity contribution is 6.20. The van der Waals surface area contributed by atoms with Gasteiger partial charge in [-0.1, -0.05) is 0 Å². The van der Waals surface area contributed by atoms with E-state index < -0.39 is 23.5 Å². The summed E-state index contributed by atoms with van der Waals surface area (Å²) in [7, 11) is 0. The lowest BCUT2D eigenvalue weighted by Crippen LogP contribution is -2.24. The Kier molecular flexibility index (Phi) is 7.17. The third kappa shape index (κ3) is 6.15. The molecule has 0 unspecified atom stereocenters. The molecule has 3 aromatic rings. The molecule has 13 heteroatoms. The maximum Gasteiger partial charge on any atom is 0.487 e. The van der Waals surface area contributed by atoms with Gasteiger partial charge >= 0.3 is 11.5 Å². The molecule has 0 spiro atoms. The molecule has 0 saturated carbocycles. The third-order valence-electron chi connectivity index (χ3n) is 5.26. The van der Waals surface area contributed by atoms with Crippen molar-refractivity contribution < 1.29 is 33.3 Å². The van der Waals surface area contributed by atoms with Crippen LogP contribution in [0.1, 0.15) is 27.1 Å². The Labute approximate surface area is 208 Å². The van der Waals surface area contributed by atoms with Crippen molar-refractivity contribution in [2.75, 3.05) is 28.6 Å². The number of carboxylic acid groups (broad SMARTS) is 1. The van der Waals surface area contributed by atoms with Crippen LogP contribution in [0.5, 0.6) is 5.75 Å². The van der Waals surface area contributed by atoms with E-state index in [2.05, 4.69) is 25.3 Å². The number of amides is 1. The van der Waals surface area contributed by atoms with Crippen LogP contribution in [0.15, 0.2) is 55.0 Å². The van der Waals surface area contributed by atoms with Crippen molar-refractivity contribution in [3.8, 4) is 5.75 Å². The van der Waals surface area contributed by atoms with E-state index in [0.29, 0.717) is 36.7 Å². The lowest BCUT2D eigenvalue weighted by atomic mass is 10.2. The molecule has 1 aliphatic rings. The molecular formula is C23H20ClF2N5O5. The van der Waals surface area contributed by atoms with Gasteiger partial charge in [-0.2, -0.15) is 0 Å². The number of carbonyl (C=O) groups excluding carboxylic acids is 1. The summed E-state index contributed by atoms with van der Waals surface area (Å²) in [5, 5.41) is 25.1. The van der Waals surface area contributed by atoms with Gasteiger partial charge in [-0.25, -0.2) is 9.78 Å². The second kappa shape index (κ2) is 10.3. The fourth-order valence-corrected chi connectivity index (χ4v) is 3.72. The van der Waals surface area contributed by atoms with Crippen molar-refractivity contribution in [2.45, 2.75) is 18.1 Å². The standard InChI is InChI=1S/C23H20ClF2N5O5/c24-23(25,26)36-16-3-1-14(2-4-16)29-21(33)13-9-18(20(28-10-13)31-8-6-15(32)12-31)30-19-11-27-7-5-17(19)22(34)35/h1-5,7,9-11,15,30,32H,6,8,12H2,(H,29,33)(H,34,35)/t15-/m1/s1. The molecule has 1 saturated heterocycles. The van der Waals surface area contributed by atoms with Crippen LogP contribution in [0.2, 0.25) is 0 Å². The summed E-state index contributed by atoms with van der Waals surface area (Å²) >= 11 is 4.75. The molecule has 10 nitrogen and oxygen atoms in total. The van der Waals surface area contributed by atoms with Crippen LogP contribution in [0.3, 0.4) is 0 Å². The first-order valence-electron chi connectivity index (χ1n) is 10.6. The number of hydrogen-bond donors (Lipinski definition) is 4. The molecule has 0 radical (unpaired) electrons. The number of alkyl halides is 3. The van der Waals surface area contributed by atoms with Gasteiger partial charge in [0.15, 0.2) is 5.82 Å². The largest absolute Gasteiger partial charge is 0.487 e. The number of benzene rings is 1. The van der Waals surface area contributed by atoms with Crippen molar-refractivity contribution in [1.82, 2.24) is 9.97 Å². The summed E-state index contributed by atoms with van der Waals surface area (Å²) in [6, 6.07) is 7.98. The van der Waals surface area contributed by atoms with Gasteiger partial charge in [-0.05, 0) is 42.8 Å². The Morgan fingerprint density at radius 3 is 2.56 bits per heavy atom. The number of carboxylic acids is 1. The monoisotopic (exact) mass is 519 g/mol. The molecule has 2 aromatic heterocycles. The van der Waals surface area contributed by atoms with E-state index in [0.717, 1.165) is 0 Å². The van der Waals surface area contributed by atoms with Gasteiger partial charge in [-0.3, -0.25) is 9.78 Å². The highest BCUT2D eigenvalue weighted by Gasteiger charge is 2.28. The number of carbonyl (C=O) groups is 2. The number of β-amino-alcohol motifs (C(OH)–C–C–N with tert-alkyl or cyclic N) is 1. The number of halogens is 3. The van der Waals surface area contributed by atoms with E-state index in [1.54, 1.807) is 0 Å². The Balaban J connectivity index is 1.60. The summed E-state index contributed by atoms with van der Waals surface area (Å²) in [5.41, 5.74) is -2.93. The minimum Gasteiger partial charge on any atom is -0.478 e. The molecule has 1 atom stereocenters. The number of hydrogen-bond acceptors (Lipinski definition) is 8. The van der Waals surface area contributed by atoms with Crippen LogP contribution in [-0.4, -0.2) is 56.8 Å². The molecule has 0 aliphatic carbocycles. The lowest BCUT2D eigenvalue weighted by Gasteiger charge is -2.22. The van der Waals surface area contributed by atoms with Crippen molar-refractivity contribution in [1.29, 1.82) is 0 Å². The highest BCUT2D eigenvalue weighted by atomic mass is 35.5. The molecule has 1 aromatic carbocycles. The minimum absolute atomic E-state index is 0.0305. The summed E-state index contributed by atoms with van der Waals surface area (Å²) in [5.74, 6) is -1.49. The van der Waals surface area contributed by atoms with Crippen LogP contribution >= 0.6 is 11.6 Å². The van der Waals surface area contributed by atoms with Gasteiger partial charge in [-0.15, -0.1) is 8.78 Å². The van der Waals surface area contributed by atoms with Crippen molar-refractivity contribution in [2.24, 2.45) is 0 Å². The van der Waals surface area contributed by atoms with E-state index in [9.17, 15) is 28.6 Å². The van der Waals surface area contributed by atoms with Crippen molar-refractivity contribution in [3.63, 3.8) is 0 Å². The average Bonchev–Trinajstić information content (AvgIpc) is 3.25. The minimum atomic E-state index is -3.86. The highest BCUT2D eigenvalue weighted by Crippen LogP contribution is 2.32. The SMILES string of the molecule is O=C(Nc1ccc(OC(F)(F)Cl)cc1)c1cnc(N2CC[C@@H](O)C2)c(Nc2cnccc2C(=O)O)c1. The van der Waals surface area contributed by atoms with Gasteiger partial charge in [0.2, 0.25) is 0 Å². The molecule has 1 amide bonds. The Morgan fingerprint density at radius 2 is 1.92 bits per heavy atom. The molecular weight excluding hydrogens is 500 g/mol. The van der Waals surface area contributed by atoms with E-state index in [4.69, 9.17) is 11.6 Å². The maximum atomic E-state index is 12.9. The number of aliphatic hydroxyl groups is 1. The number of nitrogens with one attached hydrogen (secondary N) is 2. The van der Waals surface area contributed by atoms with Gasteiger partial charge in [0, 0.05) is 42.8 Å². The molecule has 4 rings (SSSR count). The zero-order valence-electron chi connectivity index (χ0n) is 18.5. The number of aromatic nitrogens is 2. The van der Waals surface area contributed by atoms with Gasteiger partial charge < -0.3 is 30.5 Å². The summed E-state index contributed by atoms with van der Waals surface area (Å²) in [6.45, 7) is 0.838. The summed E-state index contributed by atoms with van der Waals surface area (Å²) < 4.78 is 29.8. The predicted molar refractivity (Wildman–Crippen MR) is 127 cm³/mol. The first kappa shape index (κ1) is 25.1. The molecule has 1 fully saturated rings. The molecule has 36 heavy (non-hydrogen) atoms. The van der Waals surface area contributed by atoms with Gasteiger partial charge in [0.25, 0.3) is 5.91 Å². The Bertz CT molecular complexity index is 1270. The van der Waals surface area contributed by atoms with Crippen LogP contribution in [0.4, 0.5) is 31.7 Å². The van der Waals surface area contributed by atoms with Crippen LogP contribution in [0.25, 0.3) is 0 Å². The molecule has 188 valence electrons. The fraction of sp³-hybridized carbons (Fsp3) is 0.217. The Hall–Kier alpha value is -4.03. The number of rotatable bonds is 8. The van der Waals surface area contributed by atoms with Crippen molar-refractivity contribution >= 4 is 46.4 Å². The number of aliphatic hydroxyl groups excluding tert-OH is 1. The van der Waals surface area contributed by atoms with Crippen LogP contribution in [-0.2, 0) is 0 Å². The van der Waals surface area contributed by atoms with E-state index in [-0.39, 0.29) is 22.6 Å². The van der Waals surface area contributed by atoms with Crippen molar-refractivity contribution in [3.05, 3.63) is 66.1 Å². The normalized spacial score (nSPS) is 15.4. The Morgan fingerprint density at radius 1 is 1.17 bits per heavy atom. The number of anilines is 4. The smallest absolute Gasteiger partial charge is 0.478 e. The number of nitrogens with zero attached hydrogens (tertiary/aromatic N) is 3. The zero-order chi connectivity index (χ0) is 25.9. The van der Waals surface area contributed by atoms with Crippen LogP contribution < -0.4 is 20.3 Å². The maximum absolute atomic E-state index is 12.9. The first-order valence-corrected chi connectivity index (χ1v) is 11.0. The summed E-state index contributed by atoms with van der Waals surface area (Å²) in [4.78, 5) is 34.7. The predicted octanol–water partition coefficient (Wildman–Crippen LogP) is 3.91. The first-order chi connectivity index (χ1) is 17.1. The number of aromatic carboxylic acids is 1. The van der Waals surface area contributed by atoms with Gasteiger partial charge in [0.05, 0.1) is 34.8 Å². The number of ether oxygens (including phenoxy) is 1. The quantitative estimate of drug-likeness (QED) is 0.326. The number of pyridine rings is 2. The molecule has 3 heterocycles. The molecule has 1 aliphatic heterocycles. The van der Waals surface area contributed by atoms with Gasteiger partial charge in [0.1, 0.15) is 5.75 Å². The van der Waals surface area contributed by atoms with E-state index in [1.807, 2.05) is 4.90 Å². The third-order valence-corrected chi connectivity index (χ3v) is 5.34. The summed E-state index contributed by atoms with van der Waals surface area (Å²) in [6.07, 6.45) is 4.02.